The van der Waals surface area contributed by atoms with E-state index >= 15 is 0 Å². The molecule has 0 saturated carbocycles. The molecule has 5 rings (SSSR count). The molecule has 0 bridgehead atoms. The van der Waals surface area contributed by atoms with Crippen molar-refractivity contribution >= 4 is 10.2 Å². The normalized spacial score (nSPS) is 18.3. The van der Waals surface area contributed by atoms with E-state index in [1.54, 1.807) is 22.3 Å². The average molecular weight is 485 g/mol. The summed E-state index contributed by atoms with van der Waals surface area (Å²) >= 11 is -2.62. The quantitative estimate of drug-likeness (QED) is 0.305. The minimum atomic E-state index is -2.62. The van der Waals surface area contributed by atoms with Gasteiger partial charge in [-0.15, -0.1) is 0 Å². The molecular weight excluding hydrogens is 448 g/mol. The monoisotopic (exact) mass is 484 g/mol. The molecule has 0 aliphatic heterocycles. The van der Waals surface area contributed by atoms with Gasteiger partial charge in [-0.3, -0.25) is 0 Å². The van der Waals surface area contributed by atoms with Gasteiger partial charge in [0.25, 0.3) is 0 Å². The Labute approximate surface area is 206 Å². The van der Waals surface area contributed by atoms with Crippen molar-refractivity contribution in [2.75, 3.05) is 0 Å². The molecule has 168 valence electrons. The molecule has 1 atom stereocenters. The molecule has 3 aromatic rings. The maximum atomic E-state index is 2.77. The number of hydrogen-bond acceptors (Lipinski definition) is 0. The minimum absolute atomic E-state index is 0.753. The first kappa shape index (κ1) is 22.8. The summed E-state index contributed by atoms with van der Waals surface area (Å²) in [6, 6.07) is 35.6. The molecule has 0 amide bonds. The fraction of sp³-hybridized carbons (Fsp3) is 0.290. The molecule has 2 heteroatoms. The van der Waals surface area contributed by atoms with Crippen LogP contribution in [-0.4, -0.2) is 10.2 Å². The van der Waals surface area contributed by atoms with Crippen LogP contribution in [-0.2, 0) is 30.8 Å². The van der Waals surface area contributed by atoms with Crippen LogP contribution in [0.1, 0.15) is 42.4 Å². The molecule has 0 nitrogen and oxygen atoms in total. The molecular formula is C31H36SiTi. The van der Waals surface area contributed by atoms with Crippen molar-refractivity contribution in [2.24, 2.45) is 5.92 Å². The molecule has 2 aliphatic carbocycles. The Morgan fingerprint density at radius 1 is 0.636 bits per heavy atom. The van der Waals surface area contributed by atoms with Crippen molar-refractivity contribution in [2.45, 2.75) is 45.9 Å². The Morgan fingerprint density at radius 2 is 1.09 bits per heavy atom. The SMILES string of the molecule is [SiH3]CC1[C]([Ti]([CH2]c2ccccc2)([CH2]c2ccccc2)[CH2]c2ccccc2)=CC2=C1CCCC2. The standard InChI is InChI=1S/C10H15Si.3C7H7.Ti/c11-7-9-6-5-8-3-1-2-4-10(8)9;3*1-7-5-3-2-4-6-7;/h5,9H,1-4,7H2,11H3;3*2-6H,1H2;. The molecule has 3 aromatic carbocycles. The number of hydrogen-bond donors (Lipinski definition) is 0. The molecule has 0 saturated heterocycles. The molecule has 0 aromatic heterocycles. The van der Waals surface area contributed by atoms with E-state index < -0.39 is 16.6 Å². The van der Waals surface area contributed by atoms with Crippen molar-refractivity contribution < 1.29 is 16.6 Å². The van der Waals surface area contributed by atoms with Crippen molar-refractivity contribution in [1.82, 2.24) is 0 Å². The van der Waals surface area contributed by atoms with Gasteiger partial charge >= 0.3 is 207 Å². The molecule has 0 N–H and O–H groups in total. The van der Waals surface area contributed by atoms with Gasteiger partial charge in [-0.2, -0.15) is 0 Å². The summed E-state index contributed by atoms with van der Waals surface area (Å²) in [6.45, 7) is 0. The summed E-state index contributed by atoms with van der Waals surface area (Å²) in [5.41, 5.74) is 8.21. The third kappa shape index (κ3) is 5.11. The molecule has 33 heavy (non-hydrogen) atoms. The first-order valence-corrected chi connectivity index (χ1v) is 18.3. The van der Waals surface area contributed by atoms with E-state index in [4.69, 9.17) is 0 Å². The zero-order valence-electron chi connectivity index (χ0n) is 20.0. The molecule has 0 fully saturated rings. The van der Waals surface area contributed by atoms with E-state index in [-0.39, 0.29) is 0 Å². The molecule has 0 radical (unpaired) electrons. The Morgan fingerprint density at radius 3 is 1.55 bits per heavy atom. The van der Waals surface area contributed by atoms with Crippen LogP contribution in [0.25, 0.3) is 0 Å². The molecule has 0 spiro atoms. The van der Waals surface area contributed by atoms with Gasteiger partial charge in [0.2, 0.25) is 0 Å². The van der Waals surface area contributed by atoms with Crippen LogP contribution in [0.2, 0.25) is 6.04 Å². The van der Waals surface area contributed by atoms with Gasteiger partial charge in [0.1, 0.15) is 0 Å². The van der Waals surface area contributed by atoms with Gasteiger partial charge in [0.05, 0.1) is 0 Å². The van der Waals surface area contributed by atoms with Gasteiger partial charge < -0.3 is 0 Å². The van der Waals surface area contributed by atoms with Crippen LogP contribution >= 0.6 is 0 Å². The van der Waals surface area contributed by atoms with E-state index in [0.29, 0.717) is 0 Å². The van der Waals surface area contributed by atoms with Crippen LogP contribution in [0.3, 0.4) is 0 Å². The van der Waals surface area contributed by atoms with Gasteiger partial charge in [-0.25, -0.2) is 0 Å². The van der Waals surface area contributed by atoms with Crippen molar-refractivity contribution in [3.05, 3.63) is 129 Å². The van der Waals surface area contributed by atoms with E-state index in [1.807, 2.05) is 9.45 Å². The van der Waals surface area contributed by atoms with Gasteiger partial charge in [0.15, 0.2) is 0 Å². The fourth-order valence-corrected chi connectivity index (χ4v) is 16.8. The second kappa shape index (κ2) is 10.6. The predicted molar refractivity (Wildman–Crippen MR) is 142 cm³/mol. The molecule has 2 aliphatic rings. The van der Waals surface area contributed by atoms with Crippen molar-refractivity contribution in [1.29, 1.82) is 0 Å². The zero-order valence-corrected chi connectivity index (χ0v) is 23.5. The summed E-state index contributed by atoms with van der Waals surface area (Å²) in [5.74, 6) is 0.753. The van der Waals surface area contributed by atoms with Gasteiger partial charge in [-0.1, -0.05) is 0 Å². The Balaban J connectivity index is 1.64. The molecule has 0 heterocycles. The van der Waals surface area contributed by atoms with Crippen LogP contribution < -0.4 is 0 Å². The first-order chi connectivity index (χ1) is 16.3. The maximum absolute atomic E-state index is 2.77. The zero-order chi connectivity index (χ0) is 22.5. The Bertz CT molecular complexity index is 1010. The van der Waals surface area contributed by atoms with E-state index in [2.05, 4.69) is 97.1 Å². The first-order valence-electron chi connectivity index (χ1n) is 12.8. The topological polar surface area (TPSA) is 0 Å². The third-order valence-corrected chi connectivity index (χ3v) is 16.4. The summed E-state index contributed by atoms with van der Waals surface area (Å²) in [5, 5.41) is 0. The summed E-state index contributed by atoms with van der Waals surface area (Å²) in [6.07, 6.45) is 8.21. The number of rotatable bonds is 8. The Hall–Kier alpha value is -1.93. The number of allylic oxidation sites excluding steroid dienone is 4. The van der Waals surface area contributed by atoms with E-state index in [9.17, 15) is 0 Å². The fourth-order valence-electron chi connectivity index (χ4n) is 6.43. The third-order valence-electron chi connectivity index (χ3n) is 7.86. The van der Waals surface area contributed by atoms with Crippen LogP contribution in [0.5, 0.6) is 0 Å². The van der Waals surface area contributed by atoms with Crippen LogP contribution in [0, 0.1) is 5.92 Å². The van der Waals surface area contributed by atoms with Gasteiger partial charge in [0, 0.05) is 0 Å². The van der Waals surface area contributed by atoms with E-state index in [1.165, 1.54) is 56.1 Å². The van der Waals surface area contributed by atoms with E-state index in [0.717, 1.165) is 5.92 Å². The Kier molecular flexibility index (Phi) is 7.31. The summed E-state index contributed by atoms with van der Waals surface area (Å²) in [7, 11) is 1.29. The average Bonchev–Trinajstić information content (AvgIpc) is 3.25. The number of benzene rings is 3. The second-order valence-corrected chi connectivity index (χ2v) is 17.5. The molecule has 1 unspecified atom stereocenters. The van der Waals surface area contributed by atoms with Crippen LogP contribution in [0.15, 0.2) is 112 Å². The predicted octanol–water partition coefficient (Wildman–Crippen LogP) is 6.91. The van der Waals surface area contributed by atoms with Crippen LogP contribution in [0.4, 0.5) is 0 Å². The summed E-state index contributed by atoms with van der Waals surface area (Å²) in [4.78, 5) is 0. The summed E-state index contributed by atoms with van der Waals surface area (Å²) < 4.78 is 5.78. The van der Waals surface area contributed by atoms with Crippen molar-refractivity contribution in [3.63, 3.8) is 0 Å². The van der Waals surface area contributed by atoms with Crippen molar-refractivity contribution in [3.8, 4) is 0 Å². The van der Waals surface area contributed by atoms with Gasteiger partial charge in [-0.05, 0) is 0 Å². The second-order valence-electron chi connectivity index (χ2n) is 10.1.